The van der Waals surface area contributed by atoms with Crippen LogP contribution < -0.4 is 5.73 Å². The molecule has 2 aromatic heterocycles. The molecule has 0 amide bonds. The zero-order chi connectivity index (χ0) is 19.8. The summed E-state index contributed by atoms with van der Waals surface area (Å²) in [4.78, 5) is 8.48. The number of rotatable bonds is 4. The Morgan fingerprint density at radius 3 is 2.56 bits per heavy atom. The summed E-state index contributed by atoms with van der Waals surface area (Å²) in [7, 11) is 0. The van der Waals surface area contributed by atoms with Crippen LogP contribution in [0.15, 0.2) is 36.0 Å². The number of alkyl halides is 3. The zero-order valence-electron chi connectivity index (χ0n) is 14.0. The summed E-state index contributed by atoms with van der Waals surface area (Å²) < 4.78 is 43.8. The van der Waals surface area contributed by atoms with Gasteiger partial charge >= 0.3 is 6.18 Å². The second-order valence-corrected chi connectivity index (χ2v) is 6.61. The van der Waals surface area contributed by atoms with E-state index in [-0.39, 0.29) is 11.5 Å². The van der Waals surface area contributed by atoms with Crippen LogP contribution in [0.3, 0.4) is 0 Å². The molecule has 1 atom stereocenters. The molecule has 0 saturated carbocycles. The molecule has 27 heavy (non-hydrogen) atoms. The fourth-order valence-electron chi connectivity index (χ4n) is 2.56. The smallest absolute Gasteiger partial charge is 0.393 e. The van der Waals surface area contributed by atoms with Gasteiger partial charge in [0.05, 0.1) is 24.7 Å². The molecule has 10 heteroatoms. The Balaban J connectivity index is 2.15. The van der Waals surface area contributed by atoms with E-state index in [2.05, 4.69) is 14.3 Å². The SMILES string of the molecule is Cc1ccc(C(O)(CO)C(F)(F)F)cc1-c1cnc(N)c(-c2cnsc2)n1. The minimum atomic E-state index is -5.05. The van der Waals surface area contributed by atoms with Gasteiger partial charge < -0.3 is 15.9 Å². The quantitative estimate of drug-likeness (QED) is 0.626. The van der Waals surface area contributed by atoms with E-state index in [0.29, 0.717) is 22.4 Å². The normalized spacial score (nSPS) is 14.1. The average molecular weight is 396 g/mol. The van der Waals surface area contributed by atoms with Crippen LogP contribution in [-0.2, 0) is 5.60 Å². The van der Waals surface area contributed by atoms with E-state index in [4.69, 9.17) is 5.73 Å². The van der Waals surface area contributed by atoms with Crippen molar-refractivity contribution in [2.24, 2.45) is 0 Å². The van der Waals surface area contributed by atoms with Gasteiger partial charge in [-0.1, -0.05) is 12.1 Å². The molecule has 0 aliphatic carbocycles. The topological polar surface area (TPSA) is 105 Å². The van der Waals surface area contributed by atoms with Crippen molar-refractivity contribution >= 4 is 17.4 Å². The molecule has 1 aromatic carbocycles. The Bertz CT molecular complexity index is 963. The predicted molar refractivity (Wildman–Crippen MR) is 94.8 cm³/mol. The first-order valence-corrected chi connectivity index (χ1v) is 8.55. The molecule has 142 valence electrons. The van der Waals surface area contributed by atoms with Crippen molar-refractivity contribution in [2.75, 3.05) is 12.3 Å². The minimum absolute atomic E-state index is 0.162. The van der Waals surface area contributed by atoms with Crippen molar-refractivity contribution in [1.82, 2.24) is 14.3 Å². The molecule has 0 radical (unpaired) electrons. The number of nitrogen functional groups attached to an aromatic ring is 1. The highest BCUT2D eigenvalue weighted by Gasteiger charge is 2.54. The lowest BCUT2D eigenvalue weighted by atomic mass is 9.90. The summed E-state index contributed by atoms with van der Waals surface area (Å²) in [6.45, 7) is 0.187. The van der Waals surface area contributed by atoms with Gasteiger partial charge in [0.1, 0.15) is 11.5 Å². The summed E-state index contributed by atoms with van der Waals surface area (Å²) in [6, 6.07) is 3.69. The molecule has 3 rings (SSSR count). The Morgan fingerprint density at radius 1 is 1.22 bits per heavy atom. The molecule has 6 nitrogen and oxygen atoms in total. The summed E-state index contributed by atoms with van der Waals surface area (Å²) in [5, 5.41) is 20.9. The number of anilines is 1. The molecule has 0 aliphatic heterocycles. The van der Waals surface area contributed by atoms with E-state index in [1.54, 1.807) is 18.5 Å². The van der Waals surface area contributed by atoms with E-state index >= 15 is 0 Å². The molecule has 3 aromatic rings. The molecular formula is C17H15F3N4O2S. The van der Waals surface area contributed by atoms with Crippen molar-refractivity contribution < 1.29 is 23.4 Å². The molecule has 0 fully saturated rings. The average Bonchev–Trinajstić information content (AvgIpc) is 3.15. The van der Waals surface area contributed by atoms with Crippen LogP contribution in [0, 0.1) is 6.92 Å². The zero-order valence-corrected chi connectivity index (χ0v) is 14.8. The second kappa shape index (κ2) is 6.87. The fourth-order valence-corrected chi connectivity index (χ4v) is 3.08. The Kier molecular flexibility index (Phi) is 4.89. The monoisotopic (exact) mass is 396 g/mol. The number of nitrogens with two attached hydrogens (primary N) is 1. The van der Waals surface area contributed by atoms with Crippen LogP contribution >= 0.6 is 11.5 Å². The number of halogens is 3. The first-order chi connectivity index (χ1) is 12.7. The Hall–Kier alpha value is -2.56. The van der Waals surface area contributed by atoms with Gasteiger partial charge in [-0.25, -0.2) is 14.3 Å². The maximum absolute atomic E-state index is 13.3. The van der Waals surface area contributed by atoms with Crippen LogP contribution in [0.5, 0.6) is 0 Å². The highest BCUT2D eigenvalue weighted by molar-refractivity contribution is 7.03. The van der Waals surface area contributed by atoms with E-state index in [1.165, 1.54) is 23.8 Å². The van der Waals surface area contributed by atoms with Crippen LogP contribution in [-0.4, -0.2) is 37.3 Å². The number of hydrogen-bond donors (Lipinski definition) is 3. The summed E-state index contributed by atoms with van der Waals surface area (Å²) in [5.41, 5.74) is 4.23. The first-order valence-electron chi connectivity index (χ1n) is 7.71. The van der Waals surface area contributed by atoms with Gasteiger partial charge in [0.2, 0.25) is 5.60 Å². The molecule has 0 spiro atoms. The number of nitrogens with zero attached hydrogens (tertiary/aromatic N) is 3. The van der Waals surface area contributed by atoms with E-state index in [0.717, 1.165) is 12.1 Å². The standard InChI is InChI=1S/C17H15F3N4O2S/c1-9-2-3-11(16(26,8-25)17(18,19)20)4-12(9)13-6-22-15(21)14(24-13)10-5-23-27-7-10/h2-7,25-26H,8H2,1H3,(H2,21,22). The number of benzene rings is 1. The van der Waals surface area contributed by atoms with Crippen LogP contribution in [0.25, 0.3) is 22.5 Å². The Morgan fingerprint density at radius 2 is 1.96 bits per heavy atom. The van der Waals surface area contributed by atoms with Gasteiger partial charge in [-0.2, -0.15) is 13.2 Å². The van der Waals surface area contributed by atoms with Crippen molar-refractivity contribution in [3.8, 4) is 22.5 Å². The first kappa shape index (κ1) is 19.2. The lowest BCUT2D eigenvalue weighted by molar-refractivity contribution is -0.277. The van der Waals surface area contributed by atoms with E-state index in [9.17, 15) is 23.4 Å². The van der Waals surface area contributed by atoms with Crippen molar-refractivity contribution in [1.29, 1.82) is 0 Å². The van der Waals surface area contributed by atoms with Crippen molar-refractivity contribution in [3.05, 3.63) is 47.1 Å². The number of aliphatic hydroxyl groups is 2. The van der Waals surface area contributed by atoms with Gasteiger partial charge in [-0.3, -0.25) is 0 Å². The van der Waals surface area contributed by atoms with Crippen LogP contribution in [0.1, 0.15) is 11.1 Å². The highest BCUT2D eigenvalue weighted by Crippen LogP contribution is 2.40. The fraction of sp³-hybridized carbons (Fsp3) is 0.235. The number of aliphatic hydroxyl groups excluding tert-OH is 1. The third-order valence-corrected chi connectivity index (χ3v) is 4.78. The van der Waals surface area contributed by atoms with Crippen molar-refractivity contribution in [3.63, 3.8) is 0 Å². The molecule has 1 unspecified atom stereocenters. The molecule has 0 aliphatic rings. The Labute approximate surface area is 156 Å². The van der Waals surface area contributed by atoms with Gasteiger partial charge in [0, 0.05) is 16.5 Å². The third kappa shape index (κ3) is 3.38. The molecule has 0 saturated heterocycles. The third-order valence-electron chi connectivity index (χ3n) is 4.20. The van der Waals surface area contributed by atoms with E-state index in [1.807, 2.05) is 0 Å². The second-order valence-electron chi connectivity index (χ2n) is 5.95. The van der Waals surface area contributed by atoms with Gasteiger partial charge in [0.25, 0.3) is 0 Å². The van der Waals surface area contributed by atoms with Gasteiger partial charge in [0.15, 0.2) is 0 Å². The summed E-state index contributed by atoms with van der Waals surface area (Å²) in [6.07, 6.45) is -2.14. The molecule has 4 N–H and O–H groups in total. The van der Waals surface area contributed by atoms with E-state index < -0.39 is 23.9 Å². The predicted octanol–water partition coefficient (Wildman–Crippen LogP) is 2.90. The van der Waals surface area contributed by atoms with Gasteiger partial charge in [-0.15, -0.1) is 0 Å². The summed E-state index contributed by atoms with van der Waals surface area (Å²) in [5.74, 6) is 0.162. The maximum atomic E-state index is 13.3. The van der Waals surface area contributed by atoms with Crippen LogP contribution in [0.4, 0.5) is 19.0 Å². The number of hydrogen-bond acceptors (Lipinski definition) is 7. The minimum Gasteiger partial charge on any atom is -0.393 e. The largest absolute Gasteiger partial charge is 0.423 e. The summed E-state index contributed by atoms with van der Waals surface area (Å²) >= 11 is 1.20. The molecular weight excluding hydrogens is 381 g/mol. The highest BCUT2D eigenvalue weighted by atomic mass is 32.1. The van der Waals surface area contributed by atoms with Crippen LogP contribution in [0.2, 0.25) is 0 Å². The van der Waals surface area contributed by atoms with Crippen molar-refractivity contribution in [2.45, 2.75) is 18.7 Å². The number of aromatic nitrogens is 3. The molecule has 0 bridgehead atoms. The lowest BCUT2D eigenvalue weighted by Gasteiger charge is -2.29. The maximum Gasteiger partial charge on any atom is 0.423 e. The van der Waals surface area contributed by atoms with Gasteiger partial charge in [-0.05, 0) is 35.6 Å². The lowest BCUT2D eigenvalue weighted by Crippen LogP contribution is -2.45. The molecule has 2 heterocycles. The number of aryl methyl sites for hydroxylation is 1.